The van der Waals surface area contributed by atoms with E-state index in [1.807, 2.05) is 0 Å². The molecule has 3 rings (SSSR count). The number of fused-ring (bicyclic) bond motifs is 2. The molecular formula is C18H34O4S. The van der Waals surface area contributed by atoms with Crippen molar-refractivity contribution in [3.05, 3.63) is 0 Å². The fourth-order valence-electron chi connectivity index (χ4n) is 4.55. The van der Waals surface area contributed by atoms with Crippen LogP contribution < -0.4 is 0 Å². The zero-order valence-electron chi connectivity index (χ0n) is 15.2. The van der Waals surface area contributed by atoms with Crippen molar-refractivity contribution in [3.8, 4) is 0 Å². The third-order valence-corrected chi connectivity index (χ3v) is 7.65. The van der Waals surface area contributed by atoms with Gasteiger partial charge in [0.2, 0.25) is 0 Å². The molecule has 0 aromatic carbocycles. The normalized spacial score (nSPS) is 35.8. The maximum Gasteiger partial charge on any atom is 0.267 e. The molecule has 3 aliphatic carbocycles. The van der Waals surface area contributed by atoms with Crippen LogP contribution in [0.25, 0.3) is 0 Å². The Morgan fingerprint density at radius 1 is 1.04 bits per heavy atom. The van der Waals surface area contributed by atoms with E-state index < -0.39 is 21.8 Å². The van der Waals surface area contributed by atoms with Crippen molar-refractivity contribution in [1.29, 1.82) is 0 Å². The topological polar surface area (TPSA) is 63.6 Å². The van der Waals surface area contributed by atoms with E-state index in [2.05, 4.69) is 20.8 Å². The molecule has 23 heavy (non-hydrogen) atoms. The number of hydrogen-bond acceptors (Lipinski definition) is 4. The van der Waals surface area contributed by atoms with Gasteiger partial charge in [-0.05, 0) is 43.4 Å². The SMILES string of the molecule is CCCCCCCCS(=O)(=O)O[C@H]1CC2CC(C2(C)C)[C@@]1(C)O. The second kappa shape index (κ2) is 7.01. The van der Waals surface area contributed by atoms with E-state index in [0.717, 1.165) is 19.3 Å². The highest BCUT2D eigenvalue weighted by molar-refractivity contribution is 7.86. The number of unbranched alkanes of at least 4 members (excludes halogenated alkanes) is 5. The van der Waals surface area contributed by atoms with Gasteiger partial charge in [-0.25, -0.2) is 0 Å². The van der Waals surface area contributed by atoms with E-state index in [1.165, 1.54) is 19.3 Å². The first-order valence-electron chi connectivity index (χ1n) is 9.24. The molecular weight excluding hydrogens is 312 g/mol. The molecule has 4 atom stereocenters. The quantitative estimate of drug-likeness (QED) is 0.508. The van der Waals surface area contributed by atoms with Gasteiger partial charge in [-0.3, -0.25) is 4.18 Å². The van der Waals surface area contributed by atoms with Crippen LogP contribution in [0.4, 0.5) is 0 Å². The van der Waals surface area contributed by atoms with Crippen molar-refractivity contribution >= 4 is 10.1 Å². The Labute approximate surface area is 142 Å². The first kappa shape index (κ1) is 19.2. The van der Waals surface area contributed by atoms with Crippen LogP contribution in [-0.4, -0.2) is 31.0 Å². The van der Waals surface area contributed by atoms with Gasteiger partial charge in [0.25, 0.3) is 10.1 Å². The van der Waals surface area contributed by atoms with Crippen molar-refractivity contribution in [2.45, 2.75) is 90.8 Å². The minimum Gasteiger partial charge on any atom is -0.387 e. The average molecular weight is 347 g/mol. The van der Waals surface area contributed by atoms with Crippen LogP contribution in [0.5, 0.6) is 0 Å². The van der Waals surface area contributed by atoms with Crippen molar-refractivity contribution in [1.82, 2.24) is 0 Å². The predicted molar refractivity (Wildman–Crippen MR) is 92.7 cm³/mol. The Morgan fingerprint density at radius 2 is 1.65 bits per heavy atom. The molecule has 0 aromatic heterocycles. The third kappa shape index (κ3) is 4.10. The fourth-order valence-corrected chi connectivity index (χ4v) is 5.83. The molecule has 2 unspecified atom stereocenters. The lowest BCUT2D eigenvalue weighted by molar-refractivity contribution is -0.237. The van der Waals surface area contributed by atoms with Crippen molar-refractivity contribution in [3.63, 3.8) is 0 Å². The summed E-state index contributed by atoms with van der Waals surface area (Å²) in [6.07, 6.45) is 7.30. The summed E-state index contributed by atoms with van der Waals surface area (Å²) in [5.41, 5.74) is -0.959. The lowest BCUT2D eigenvalue weighted by Gasteiger charge is -2.64. The summed E-state index contributed by atoms with van der Waals surface area (Å²) in [6.45, 7) is 8.25. The average Bonchev–Trinajstić information content (AvgIpc) is 2.43. The largest absolute Gasteiger partial charge is 0.387 e. The Hall–Kier alpha value is -0.130. The fraction of sp³-hybridized carbons (Fsp3) is 1.00. The van der Waals surface area contributed by atoms with Crippen LogP contribution in [0.15, 0.2) is 0 Å². The maximum absolute atomic E-state index is 12.2. The van der Waals surface area contributed by atoms with Gasteiger partial charge in [0, 0.05) is 0 Å². The molecule has 0 aliphatic heterocycles. The summed E-state index contributed by atoms with van der Waals surface area (Å²) in [5.74, 6) is 0.662. The monoisotopic (exact) mass is 346 g/mol. The first-order valence-corrected chi connectivity index (χ1v) is 10.8. The van der Waals surface area contributed by atoms with Crippen LogP contribution in [0.2, 0.25) is 0 Å². The van der Waals surface area contributed by atoms with Crippen LogP contribution in [0, 0.1) is 17.3 Å². The van der Waals surface area contributed by atoms with Crippen LogP contribution in [0.3, 0.4) is 0 Å². The second-order valence-electron chi connectivity index (χ2n) is 8.38. The van der Waals surface area contributed by atoms with Gasteiger partial charge < -0.3 is 5.11 Å². The molecule has 0 spiro atoms. The minimum absolute atomic E-state index is 0.0738. The van der Waals surface area contributed by atoms with E-state index in [0.29, 0.717) is 18.8 Å². The molecule has 0 aromatic rings. The maximum atomic E-state index is 12.2. The summed E-state index contributed by atoms with van der Waals surface area (Å²) in [5, 5.41) is 10.8. The molecule has 2 bridgehead atoms. The lowest BCUT2D eigenvalue weighted by atomic mass is 9.43. The van der Waals surface area contributed by atoms with Gasteiger partial charge in [0.15, 0.2) is 0 Å². The van der Waals surface area contributed by atoms with E-state index in [1.54, 1.807) is 6.92 Å². The number of aliphatic hydroxyl groups is 1. The predicted octanol–water partition coefficient (Wildman–Crippen LogP) is 3.88. The Balaban J connectivity index is 1.82. The third-order valence-electron chi connectivity index (χ3n) is 6.34. The van der Waals surface area contributed by atoms with Crippen molar-refractivity contribution in [2.24, 2.45) is 17.3 Å². The molecule has 136 valence electrons. The summed E-state index contributed by atoms with van der Waals surface area (Å²) >= 11 is 0. The minimum atomic E-state index is -3.55. The molecule has 4 nitrogen and oxygen atoms in total. The molecule has 1 N–H and O–H groups in total. The van der Waals surface area contributed by atoms with Gasteiger partial charge in [0.05, 0.1) is 11.4 Å². The van der Waals surface area contributed by atoms with Crippen molar-refractivity contribution in [2.75, 3.05) is 5.75 Å². The van der Waals surface area contributed by atoms with E-state index in [9.17, 15) is 13.5 Å². The van der Waals surface area contributed by atoms with E-state index in [-0.39, 0.29) is 17.1 Å². The van der Waals surface area contributed by atoms with E-state index in [4.69, 9.17) is 4.18 Å². The highest BCUT2D eigenvalue weighted by Gasteiger charge is 2.63. The van der Waals surface area contributed by atoms with Crippen LogP contribution in [0.1, 0.15) is 79.1 Å². The Bertz CT molecular complexity index is 495. The van der Waals surface area contributed by atoms with Gasteiger partial charge in [-0.2, -0.15) is 8.42 Å². The smallest absolute Gasteiger partial charge is 0.267 e. The van der Waals surface area contributed by atoms with Gasteiger partial charge >= 0.3 is 0 Å². The highest BCUT2D eigenvalue weighted by atomic mass is 32.2. The summed E-state index contributed by atoms with van der Waals surface area (Å²) in [6, 6.07) is 0. The lowest BCUT2D eigenvalue weighted by Crippen LogP contribution is -2.67. The zero-order valence-corrected chi connectivity index (χ0v) is 16.0. The first-order chi connectivity index (χ1) is 10.6. The number of hydrogen-bond donors (Lipinski definition) is 1. The Morgan fingerprint density at radius 3 is 2.22 bits per heavy atom. The molecule has 0 amide bonds. The van der Waals surface area contributed by atoms with Crippen LogP contribution in [-0.2, 0) is 14.3 Å². The molecule has 5 heteroatoms. The summed E-state index contributed by atoms with van der Waals surface area (Å²) in [7, 11) is -3.55. The number of rotatable bonds is 9. The van der Waals surface area contributed by atoms with Gasteiger partial charge in [-0.15, -0.1) is 0 Å². The molecule has 0 saturated heterocycles. The molecule has 0 heterocycles. The van der Waals surface area contributed by atoms with Gasteiger partial charge in [-0.1, -0.05) is 52.9 Å². The summed E-state index contributed by atoms with van der Waals surface area (Å²) in [4.78, 5) is 0. The molecule has 0 radical (unpaired) electrons. The summed E-state index contributed by atoms with van der Waals surface area (Å²) < 4.78 is 29.9. The Kier molecular flexibility index (Phi) is 5.85. The van der Waals surface area contributed by atoms with Gasteiger partial charge in [0.1, 0.15) is 6.10 Å². The van der Waals surface area contributed by atoms with E-state index >= 15 is 0 Å². The highest BCUT2D eigenvalue weighted by Crippen LogP contribution is 2.63. The zero-order chi connectivity index (χ0) is 17.3. The molecule has 3 fully saturated rings. The molecule has 3 saturated carbocycles. The standard InChI is InChI=1S/C18H34O4S/c1-5-6-7-8-9-10-11-23(20,21)22-16-13-14-12-15(17(14,2)3)18(16,4)19/h14-16,19H,5-13H2,1-4H3/t14?,15?,16-,18+/m0/s1. The second-order valence-corrected chi connectivity index (χ2v) is 10.1. The molecule has 3 aliphatic rings. The van der Waals surface area contributed by atoms with Crippen LogP contribution >= 0.6 is 0 Å². The van der Waals surface area contributed by atoms with Crippen molar-refractivity contribution < 1.29 is 17.7 Å².